The molecule has 152 valence electrons. The van der Waals surface area contributed by atoms with Crippen LogP contribution >= 0.6 is 0 Å². The number of nitrogens with zero attached hydrogens (tertiary/aromatic N) is 3. The average molecular weight is 382 g/mol. The molecule has 0 amide bonds. The first kappa shape index (κ1) is 20.8. The minimum atomic E-state index is -0.397. The Morgan fingerprint density at radius 2 is 2.00 bits per heavy atom. The third-order valence-corrected chi connectivity index (χ3v) is 6.13. The number of hydrogen-bond acceptors (Lipinski definition) is 3. The molecule has 0 aliphatic heterocycles. The smallest absolute Gasteiger partial charge is 0.0991 e. The second-order valence-electron chi connectivity index (χ2n) is 8.25. The maximum atomic E-state index is 10.6. The molecule has 1 N–H and O–H groups in total. The maximum absolute atomic E-state index is 10.6. The summed E-state index contributed by atoms with van der Waals surface area (Å²) in [6.45, 7) is 8.44. The first-order valence-electron chi connectivity index (χ1n) is 10.8. The fourth-order valence-electron chi connectivity index (χ4n) is 4.36. The molecule has 1 aliphatic carbocycles. The number of benzene rings is 1. The van der Waals surface area contributed by atoms with E-state index in [9.17, 15) is 5.11 Å². The van der Waals surface area contributed by atoms with Crippen LogP contribution in [-0.4, -0.2) is 38.7 Å². The highest BCUT2D eigenvalue weighted by Gasteiger charge is 2.21. The predicted octanol–water partition coefficient (Wildman–Crippen LogP) is 5.14. The van der Waals surface area contributed by atoms with Gasteiger partial charge in [-0.2, -0.15) is 0 Å². The van der Waals surface area contributed by atoms with Crippen LogP contribution in [0.3, 0.4) is 0 Å². The molecule has 1 fully saturated rings. The molecule has 2 aromatic rings. The Balaban J connectivity index is 1.45. The summed E-state index contributed by atoms with van der Waals surface area (Å²) in [5.41, 5.74) is 2.06. The van der Waals surface area contributed by atoms with Gasteiger partial charge in [0, 0.05) is 37.2 Å². The van der Waals surface area contributed by atoms with Crippen molar-refractivity contribution in [1.82, 2.24) is 14.5 Å². The van der Waals surface area contributed by atoms with Gasteiger partial charge in [0.05, 0.1) is 12.4 Å². The zero-order chi connectivity index (χ0) is 19.8. The van der Waals surface area contributed by atoms with Gasteiger partial charge in [-0.1, -0.05) is 31.1 Å². The summed E-state index contributed by atoms with van der Waals surface area (Å²) < 4.78 is 1.97. The van der Waals surface area contributed by atoms with Crippen LogP contribution in [-0.2, 0) is 0 Å². The van der Waals surface area contributed by atoms with E-state index in [1.807, 2.05) is 41.1 Å². The molecule has 28 heavy (non-hydrogen) atoms. The summed E-state index contributed by atoms with van der Waals surface area (Å²) in [7, 11) is 0. The van der Waals surface area contributed by atoms with E-state index in [1.54, 1.807) is 12.5 Å². The molecule has 2 atom stereocenters. The lowest BCUT2D eigenvalue weighted by atomic mass is 10.00. The van der Waals surface area contributed by atoms with Crippen molar-refractivity contribution < 1.29 is 5.11 Å². The van der Waals surface area contributed by atoms with Crippen molar-refractivity contribution in [3.8, 4) is 5.69 Å². The number of imidazole rings is 1. The van der Waals surface area contributed by atoms with E-state index in [2.05, 4.69) is 23.4 Å². The summed E-state index contributed by atoms with van der Waals surface area (Å²) >= 11 is 0. The van der Waals surface area contributed by atoms with Crippen molar-refractivity contribution in [2.75, 3.05) is 13.1 Å². The predicted molar refractivity (Wildman–Crippen MR) is 116 cm³/mol. The Bertz CT molecular complexity index is 689. The van der Waals surface area contributed by atoms with Crippen molar-refractivity contribution in [3.63, 3.8) is 0 Å². The molecule has 0 saturated heterocycles. The van der Waals surface area contributed by atoms with Crippen LogP contribution in [0.4, 0.5) is 0 Å². The average Bonchev–Trinajstić information content (AvgIpc) is 3.42. The Morgan fingerprint density at radius 1 is 1.25 bits per heavy atom. The minimum absolute atomic E-state index is 0.397. The van der Waals surface area contributed by atoms with Crippen LogP contribution in [0, 0.1) is 5.92 Å². The molecular formula is C24H35N3O. The zero-order valence-corrected chi connectivity index (χ0v) is 17.2. The van der Waals surface area contributed by atoms with Crippen LogP contribution in [0.1, 0.15) is 63.5 Å². The van der Waals surface area contributed by atoms with Gasteiger partial charge in [-0.25, -0.2) is 4.98 Å². The first-order chi connectivity index (χ1) is 13.7. The second-order valence-corrected chi connectivity index (χ2v) is 8.25. The molecule has 0 radical (unpaired) electrons. The van der Waals surface area contributed by atoms with Crippen molar-refractivity contribution in [3.05, 3.63) is 61.2 Å². The number of rotatable bonds is 11. The number of aliphatic hydroxyl groups excluding tert-OH is 1. The van der Waals surface area contributed by atoms with E-state index in [0.29, 0.717) is 6.04 Å². The van der Waals surface area contributed by atoms with E-state index in [1.165, 1.54) is 32.2 Å². The summed E-state index contributed by atoms with van der Waals surface area (Å²) in [5.74, 6) is 0.863. The first-order valence-corrected chi connectivity index (χ1v) is 10.8. The van der Waals surface area contributed by atoms with Gasteiger partial charge in [-0.15, -0.1) is 6.58 Å². The highest BCUT2D eigenvalue weighted by atomic mass is 16.3. The van der Waals surface area contributed by atoms with Gasteiger partial charge in [-0.3, -0.25) is 4.90 Å². The zero-order valence-electron chi connectivity index (χ0n) is 17.2. The van der Waals surface area contributed by atoms with E-state index < -0.39 is 6.10 Å². The SMILES string of the molecule is C=CCN(CC1CCCC1)C(C)CCCC(O)c1ccc(-n2ccnc2)cc1. The lowest BCUT2D eigenvalue weighted by Gasteiger charge is -2.30. The van der Waals surface area contributed by atoms with Gasteiger partial charge in [0.1, 0.15) is 0 Å². The molecule has 0 spiro atoms. The highest BCUT2D eigenvalue weighted by Crippen LogP contribution is 2.27. The Kier molecular flexibility index (Phi) is 7.87. The van der Waals surface area contributed by atoms with Gasteiger partial charge in [0.25, 0.3) is 0 Å². The molecule has 1 aliphatic rings. The third-order valence-electron chi connectivity index (χ3n) is 6.13. The van der Waals surface area contributed by atoms with Crippen LogP contribution in [0.2, 0.25) is 0 Å². The molecule has 3 rings (SSSR count). The summed E-state index contributed by atoms with van der Waals surface area (Å²) in [6.07, 6.45) is 15.6. The van der Waals surface area contributed by atoms with Gasteiger partial charge in [0.2, 0.25) is 0 Å². The fourth-order valence-corrected chi connectivity index (χ4v) is 4.36. The molecule has 2 unspecified atom stereocenters. The standard InChI is InChI=1S/C24H35N3O/c1-3-16-26(18-21-8-4-5-9-21)20(2)7-6-10-24(28)22-11-13-23(14-12-22)27-17-15-25-19-27/h3,11-15,17,19-21,24,28H,1,4-10,16,18H2,2H3. The normalized spacial score (nSPS) is 17.1. The van der Waals surface area contributed by atoms with Gasteiger partial charge >= 0.3 is 0 Å². The van der Waals surface area contributed by atoms with E-state index in [0.717, 1.165) is 43.0 Å². The summed E-state index contributed by atoms with van der Waals surface area (Å²) in [5, 5.41) is 10.6. The summed E-state index contributed by atoms with van der Waals surface area (Å²) in [6, 6.07) is 8.66. The molecule has 1 heterocycles. The Hall–Kier alpha value is -1.91. The second kappa shape index (κ2) is 10.6. The highest BCUT2D eigenvalue weighted by molar-refractivity contribution is 5.35. The van der Waals surface area contributed by atoms with Crippen molar-refractivity contribution in [2.24, 2.45) is 5.92 Å². The molecular weight excluding hydrogens is 346 g/mol. The van der Waals surface area contributed by atoms with Gasteiger partial charge < -0.3 is 9.67 Å². The molecule has 4 nitrogen and oxygen atoms in total. The fraction of sp³-hybridized carbons (Fsp3) is 0.542. The molecule has 4 heteroatoms. The molecule has 1 saturated carbocycles. The molecule has 1 aromatic carbocycles. The van der Waals surface area contributed by atoms with E-state index in [4.69, 9.17) is 0 Å². The van der Waals surface area contributed by atoms with Crippen molar-refractivity contribution in [2.45, 2.75) is 64.0 Å². The largest absolute Gasteiger partial charge is 0.388 e. The maximum Gasteiger partial charge on any atom is 0.0991 e. The monoisotopic (exact) mass is 381 g/mol. The van der Waals surface area contributed by atoms with Crippen LogP contribution in [0.5, 0.6) is 0 Å². The summed E-state index contributed by atoms with van der Waals surface area (Å²) in [4.78, 5) is 6.65. The van der Waals surface area contributed by atoms with Crippen LogP contribution < -0.4 is 0 Å². The minimum Gasteiger partial charge on any atom is -0.388 e. The topological polar surface area (TPSA) is 41.3 Å². The number of aliphatic hydroxyl groups is 1. The molecule has 0 bridgehead atoms. The number of hydrogen-bond donors (Lipinski definition) is 1. The van der Waals surface area contributed by atoms with E-state index >= 15 is 0 Å². The van der Waals surface area contributed by atoms with Gasteiger partial charge in [-0.05, 0) is 62.6 Å². The quantitative estimate of drug-likeness (QED) is 0.548. The lowest BCUT2D eigenvalue weighted by Crippen LogP contribution is -2.36. The molecule has 1 aromatic heterocycles. The number of aromatic nitrogens is 2. The van der Waals surface area contributed by atoms with Crippen LogP contribution in [0.25, 0.3) is 5.69 Å². The van der Waals surface area contributed by atoms with Crippen molar-refractivity contribution in [1.29, 1.82) is 0 Å². The van der Waals surface area contributed by atoms with Crippen LogP contribution in [0.15, 0.2) is 55.6 Å². The van der Waals surface area contributed by atoms with Crippen molar-refractivity contribution >= 4 is 0 Å². The Labute approximate surface area is 169 Å². The van der Waals surface area contributed by atoms with E-state index in [-0.39, 0.29) is 0 Å². The Morgan fingerprint density at radius 3 is 2.64 bits per heavy atom. The van der Waals surface area contributed by atoms with Gasteiger partial charge in [0.15, 0.2) is 0 Å². The third kappa shape index (κ3) is 5.79. The lowest BCUT2D eigenvalue weighted by molar-refractivity contribution is 0.149.